The summed E-state index contributed by atoms with van der Waals surface area (Å²) in [5.41, 5.74) is 2.77. The van der Waals surface area contributed by atoms with Gasteiger partial charge in [-0.15, -0.1) is 0 Å². The smallest absolute Gasteiger partial charge is 0.0359 e. The molecule has 2 aliphatic rings. The molecular formula is C117H264. The second-order valence-corrected chi connectivity index (χ2v) is 45.4. The number of rotatable bonds is 34. The van der Waals surface area contributed by atoms with Gasteiger partial charge in [0.1, 0.15) is 0 Å². The Kier molecular flexibility index (Phi) is 142. The van der Waals surface area contributed by atoms with E-state index in [4.69, 9.17) is 0 Å². The van der Waals surface area contributed by atoms with Crippen LogP contribution in [0, 0.1) is 122 Å². The van der Waals surface area contributed by atoms with E-state index in [9.17, 15) is 0 Å². The minimum atomic E-state index is 0.500. The Morgan fingerprint density at radius 2 is 0.496 bits per heavy atom. The zero-order chi connectivity index (χ0) is 96.0. The van der Waals surface area contributed by atoms with Crippen molar-refractivity contribution in [3.63, 3.8) is 0 Å². The second kappa shape index (κ2) is 110. The van der Waals surface area contributed by atoms with Gasteiger partial charge in [0.25, 0.3) is 0 Å². The number of hydrogen-bond donors (Lipinski definition) is 0. The quantitative estimate of drug-likeness (QED) is 0.0564. The van der Waals surface area contributed by atoms with Crippen molar-refractivity contribution in [3.05, 3.63) is 0 Å². The SMILES string of the molecule is CC(C)C(C)(C)C.CC(C)CC(C)C.CC1CC(C)C1.CC1CCCC1.CCC(C)(C)CC.CCC(C)(C)CC.CCC(C)C(C)C.CCC(CC)CC.CCCC(C)(C)C.CCCC(C)(C)C.CCCC(C)CC.CCCC(C)CC.CCCCC(C)C.CCCCC(C)C.CCCCCCC.CCC[C@H](C)CC.CC[C@H](C)C(C)C. The molecule has 732 valence electrons. The third-order valence-electron chi connectivity index (χ3n) is 25.0. The maximum absolute atomic E-state index is 2.34. The van der Waals surface area contributed by atoms with E-state index in [-0.39, 0.29) is 0 Å². The summed E-state index contributed by atoms with van der Waals surface area (Å²) in [5.74, 6) is 14.9. The van der Waals surface area contributed by atoms with Gasteiger partial charge in [-0.1, -0.05) is 612 Å². The molecule has 0 heterocycles. The van der Waals surface area contributed by atoms with Crippen LogP contribution in [0.25, 0.3) is 0 Å². The van der Waals surface area contributed by atoms with Gasteiger partial charge in [0.15, 0.2) is 0 Å². The highest BCUT2D eigenvalue weighted by Gasteiger charge is 2.20. The summed E-state index contributed by atoms with van der Waals surface area (Å²) in [6.07, 6.45) is 55.0. The van der Waals surface area contributed by atoms with Crippen molar-refractivity contribution in [2.24, 2.45) is 122 Å². The highest BCUT2D eigenvalue weighted by molar-refractivity contribution is 4.71. The average molecular weight is 1670 g/mol. The highest BCUT2D eigenvalue weighted by atomic mass is 14.3. The Bertz CT molecular complexity index is 1430. The third kappa shape index (κ3) is 186. The Balaban J connectivity index is -0.0000000727. The van der Waals surface area contributed by atoms with Crippen LogP contribution in [-0.4, -0.2) is 0 Å². The fraction of sp³-hybridized carbons (Fsp3) is 1.00. The fourth-order valence-corrected chi connectivity index (χ4v) is 11.2. The van der Waals surface area contributed by atoms with Crippen LogP contribution in [0.5, 0.6) is 0 Å². The molecule has 2 rings (SSSR count). The highest BCUT2D eigenvalue weighted by Crippen LogP contribution is 2.32. The monoisotopic (exact) mass is 1670 g/mol. The molecule has 0 aliphatic heterocycles. The van der Waals surface area contributed by atoms with E-state index in [0.717, 1.165) is 94.7 Å². The lowest BCUT2D eigenvalue weighted by molar-refractivity contribution is 0.233. The minimum absolute atomic E-state index is 0.500. The van der Waals surface area contributed by atoms with E-state index in [2.05, 4.69) is 388 Å². The summed E-state index contributed by atoms with van der Waals surface area (Å²) in [6, 6.07) is 0. The molecule has 0 bridgehead atoms. The van der Waals surface area contributed by atoms with Gasteiger partial charge in [0, 0.05) is 0 Å². The molecule has 0 nitrogen and oxygen atoms in total. The lowest BCUT2D eigenvalue weighted by Gasteiger charge is -2.28. The summed E-state index contributed by atoms with van der Waals surface area (Å²) in [6.45, 7) is 127. The van der Waals surface area contributed by atoms with Crippen molar-refractivity contribution in [1.82, 2.24) is 0 Å². The van der Waals surface area contributed by atoms with Crippen molar-refractivity contribution in [3.8, 4) is 0 Å². The molecule has 0 N–H and O–H groups in total. The topological polar surface area (TPSA) is 0 Å². The summed E-state index contributed by atoms with van der Waals surface area (Å²) in [4.78, 5) is 0. The van der Waals surface area contributed by atoms with Gasteiger partial charge in [-0.3, -0.25) is 0 Å². The maximum atomic E-state index is 2.34. The van der Waals surface area contributed by atoms with Gasteiger partial charge in [0.2, 0.25) is 0 Å². The van der Waals surface area contributed by atoms with Crippen molar-refractivity contribution >= 4 is 0 Å². The summed E-state index contributed by atoms with van der Waals surface area (Å²) < 4.78 is 0. The molecule has 0 heteroatoms. The third-order valence-corrected chi connectivity index (χ3v) is 25.0. The normalized spacial score (nSPS) is 14.7. The van der Waals surface area contributed by atoms with Gasteiger partial charge in [-0.25, -0.2) is 0 Å². The molecule has 0 aromatic carbocycles. The van der Waals surface area contributed by atoms with Crippen LogP contribution in [0.15, 0.2) is 0 Å². The maximum Gasteiger partial charge on any atom is -0.0359 e. The molecule has 0 amide bonds. The molecule has 0 aromatic rings. The molecule has 0 spiro atoms. The first-order valence-corrected chi connectivity index (χ1v) is 53.7. The summed E-state index contributed by atoms with van der Waals surface area (Å²) in [7, 11) is 0. The van der Waals surface area contributed by atoms with E-state index in [0.29, 0.717) is 27.1 Å². The largest absolute Gasteiger partial charge is 0.0654 e. The molecule has 0 aromatic heterocycles. The molecule has 0 saturated heterocycles. The number of unbranched alkanes of at least 4 members (excludes halogenated alkanes) is 6. The van der Waals surface area contributed by atoms with Crippen LogP contribution in [0.4, 0.5) is 0 Å². The zero-order valence-electron chi connectivity index (χ0n) is 96.0. The van der Waals surface area contributed by atoms with Crippen molar-refractivity contribution < 1.29 is 0 Å². The molecule has 117 heavy (non-hydrogen) atoms. The first-order valence-electron chi connectivity index (χ1n) is 53.7. The van der Waals surface area contributed by atoms with Crippen LogP contribution >= 0.6 is 0 Å². The predicted molar refractivity (Wildman–Crippen MR) is 570 cm³/mol. The summed E-state index contributed by atoms with van der Waals surface area (Å²) in [5, 5.41) is 0. The van der Waals surface area contributed by atoms with Crippen molar-refractivity contribution in [2.45, 2.75) is 645 Å². The van der Waals surface area contributed by atoms with Crippen LogP contribution in [-0.2, 0) is 0 Å². The Morgan fingerprint density at radius 1 is 0.256 bits per heavy atom. The molecule has 5 atom stereocenters. The first kappa shape index (κ1) is 151. The molecule has 2 aliphatic carbocycles. The van der Waals surface area contributed by atoms with E-state index in [1.807, 2.05) is 0 Å². The minimum Gasteiger partial charge on any atom is -0.0654 e. The standard InChI is InChI=1S/15C7H16.2C6H12/c1-6(2)7(3,4)5;1-6(2)5-7(3)4;2*1-5-6-7(2,3)4;2*1-5-7(3,4)6-2;2*1-5-7(4)6(2)3;2*1-4-5-6-7(2)3;3*1-4-6-7(3)5-2;1-4-7(5-2)6-3;1-3-5-7-6-4-2;1-5-3-6(2)4-5;1-6-4-2-3-5-6/h6H,1-5H3;6-7H,5H2,1-4H3;4*5-6H2,1-4H3;2*6-7H,5H2,1-4H3;6*7H,4-6H2,1-3H3;3-7H2,1-2H3;5-6H,3-4H2,1-2H3;6H,2-5H2,1H3/t;;;;;;7-;;;;7-;;;;;;/m......0...1....../s1. The average Bonchev–Trinajstić information content (AvgIpc) is 1.88. The van der Waals surface area contributed by atoms with Gasteiger partial charge in [-0.05, 0) is 154 Å². The predicted octanol–water partition coefficient (Wildman–Crippen LogP) is 46.3. The Labute approximate surface area is 761 Å². The lowest BCUT2D eigenvalue weighted by atomic mass is 9.78. The van der Waals surface area contributed by atoms with E-state index >= 15 is 0 Å². The van der Waals surface area contributed by atoms with Crippen LogP contribution in [0.2, 0.25) is 0 Å². The van der Waals surface area contributed by atoms with Crippen LogP contribution in [0.3, 0.4) is 0 Å². The molecule has 3 unspecified atom stereocenters. The van der Waals surface area contributed by atoms with E-state index < -0.39 is 0 Å². The van der Waals surface area contributed by atoms with Crippen molar-refractivity contribution in [1.29, 1.82) is 0 Å². The Hall–Kier alpha value is 0. The zero-order valence-corrected chi connectivity index (χ0v) is 96.0. The first-order chi connectivity index (χ1) is 53.7. The Morgan fingerprint density at radius 3 is 0.538 bits per heavy atom. The lowest BCUT2D eigenvalue weighted by Crippen LogP contribution is -2.16. The van der Waals surface area contributed by atoms with Crippen LogP contribution in [0.1, 0.15) is 645 Å². The fourth-order valence-electron chi connectivity index (χ4n) is 11.2. The van der Waals surface area contributed by atoms with Crippen molar-refractivity contribution in [2.75, 3.05) is 0 Å². The molecular weight excluding hydrogens is 1410 g/mol. The van der Waals surface area contributed by atoms with Gasteiger partial charge < -0.3 is 0 Å². The van der Waals surface area contributed by atoms with Crippen LogP contribution < -0.4 is 0 Å². The summed E-state index contributed by atoms with van der Waals surface area (Å²) >= 11 is 0. The molecule has 0 radical (unpaired) electrons. The molecule has 2 saturated carbocycles. The number of hydrogen-bond acceptors (Lipinski definition) is 0. The van der Waals surface area contributed by atoms with E-state index in [1.54, 1.807) is 0 Å². The second-order valence-electron chi connectivity index (χ2n) is 45.4. The molecule has 2 fully saturated rings. The van der Waals surface area contributed by atoms with E-state index in [1.165, 1.54) is 257 Å². The van der Waals surface area contributed by atoms with Gasteiger partial charge in [-0.2, -0.15) is 0 Å². The van der Waals surface area contributed by atoms with Gasteiger partial charge >= 0.3 is 0 Å². The van der Waals surface area contributed by atoms with Gasteiger partial charge in [0.05, 0.1) is 0 Å².